The van der Waals surface area contributed by atoms with Gasteiger partial charge in [-0.15, -0.1) is 0 Å². The Morgan fingerprint density at radius 2 is 2.14 bits per heavy atom. The first-order chi connectivity index (χ1) is 10.0. The summed E-state index contributed by atoms with van der Waals surface area (Å²) in [5, 5.41) is 3.04. The number of aromatic nitrogens is 2. The van der Waals surface area contributed by atoms with Crippen molar-refractivity contribution in [3.8, 4) is 11.4 Å². The van der Waals surface area contributed by atoms with E-state index in [1.165, 1.54) is 11.7 Å². The maximum atomic E-state index is 13.3. The van der Waals surface area contributed by atoms with E-state index in [1.807, 2.05) is 0 Å². The van der Waals surface area contributed by atoms with Crippen molar-refractivity contribution in [2.45, 2.75) is 19.1 Å². The van der Waals surface area contributed by atoms with E-state index in [9.17, 15) is 13.2 Å². The lowest BCUT2D eigenvalue weighted by Gasteiger charge is -2.17. The van der Waals surface area contributed by atoms with Crippen LogP contribution in [0, 0.1) is 0 Å². The van der Waals surface area contributed by atoms with E-state index in [1.54, 1.807) is 24.3 Å². The van der Waals surface area contributed by atoms with Gasteiger partial charge in [-0.25, -0.2) is 4.98 Å². The molecule has 1 N–H and O–H groups in total. The maximum absolute atomic E-state index is 13.3. The second kappa shape index (κ2) is 5.07. The van der Waals surface area contributed by atoms with Crippen LogP contribution in [-0.2, 0) is 19.1 Å². The fourth-order valence-corrected chi connectivity index (χ4v) is 2.53. The smallest absolute Gasteiger partial charge is 0.450 e. The zero-order chi connectivity index (χ0) is 15.0. The molecule has 2 heterocycles. The number of methoxy groups -OCH3 is 1. The van der Waals surface area contributed by atoms with Crippen molar-refractivity contribution in [1.82, 2.24) is 14.9 Å². The third-order valence-corrected chi connectivity index (χ3v) is 3.45. The molecule has 1 aromatic heterocycles. The van der Waals surface area contributed by atoms with Crippen LogP contribution in [0.25, 0.3) is 5.69 Å². The minimum Gasteiger partial charge on any atom is -0.497 e. The third kappa shape index (κ3) is 2.49. The van der Waals surface area contributed by atoms with Crippen LogP contribution in [0.4, 0.5) is 13.2 Å². The molecule has 0 unspecified atom stereocenters. The van der Waals surface area contributed by atoms with Crippen LogP contribution in [0.15, 0.2) is 24.3 Å². The molecule has 4 nitrogen and oxygen atoms in total. The maximum Gasteiger partial charge on any atom is 0.450 e. The number of ether oxygens (including phenoxy) is 1. The quantitative estimate of drug-likeness (QED) is 0.926. The molecule has 3 rings (SSSR count). The number of halogens is 3. The molecular formula is C14H14F3N3O. The normalized spacial score (nSPS) is 14.9. The van der Waals surface area contributed by atoms with Gasteiger partial charge in [-0.05, 0) is 12.1 Å². The zero-order valence-corrected chi connectivity index (χ0v) is 11.4. The van der Waals surface area contributed by atoms with Gasteiger partial charge in [-0.3, -0.25) is 4.57 Å². The average molecular weight is 297 g/mol. The Morgan fingerprint density at radius 1 is 1.33 bits per heavy atom. The molecule has 0 saturated heterocycles. The van der Waals surface area contributed by atoms with E-state index in [-0.39, 0.29) is 0 Å². The number of fused-ring (bicyclic) bond motifs is 1. The summed E-state index contributed by atoms with van der Waals surface area (Å²) >= 11 is 0. The van der Waals surface area contributed by atoms with Crippen molar-refractivity contribution >= 4 is 0 Å². The first-order valence-electron chi connectivity index (χ1n) is 6.53. The number of imidazole rings is 1. The summed E-state index contributed by atoms with van der Waals surface area (Å²) < 4.78 is 46.1. The van der Waals surface area contributed by atoms with Gasteiger partial charge in [-0.1, -0.05) is 6.07 Å². The SMILES string of the molecule is COc1cccc(-n2c(C(F)(F)F)nc3c2CCNC3)c1. The highest BCUT2D eigenvalue weighted by Gasteiger charge is 2.39. The Labute approximate surface area is 119 Å². The van der Waals surface area contributed by atoms with Gasteiger partial charge in [0.2, 0.25) is 5.82 Å². The Balaban J connectivity index is 2.21. The molecule has 0 spiro atoms. The predicted molar refractivity (Wildman–Crippen MR) is 70.5 cm³/mol. The van der Waals surface area contributed by atoms with Crippen LogP contribution in [0.2, 0.25) is 0 Å². The number of hydrogen-bond acceptors (Lipinski definition) is 3. The van der Waals surface area contributed by atoms with Gasteiger partial charge < -0.3 is 10.1 Å². The second-order valence-electron chi connectivity index (χ2n) is 4.79. The summed E-state index contributed by atoms with van der Waals surface area (Å²) in [6, 6.07) is 6.57. The first kappa shape index (κ1) is 13.9. The van der Waals surface area contributed by atoms with Crippen LogP contribution in [0.1, 0.15) is 17.2 Å². The Bertz CT molecular complexity index is 664. The van der Waals surface area contributed by atoms with Crippen LogP contribution >= 0.6 is 0 Å². The molecule has 0 radical (unpaired) electrons. The van der Waals surface area contributed by atoms with Gasteiger partial charge in [0, 0.05) is 31.3 Å². The number of hydrogen-bond donors (Lipinski definition) is 1. The summed E-state index contributed by atoms with van der Waals surface area (Å²) in [5.74, 6) is -0.374. The van der Waals surface area contributed by atoms with Crippen LogP contribution in [0.3, 0.4) is 0 Å². The molecule has 0 amide bonds. The molecule has 0 aliphatic carbocycles. The summed E-state index contributed by atoms with van der Waals surface area (Å²) in [7, 11) is 1.48. The molecule has 2 aromatic rings. The fourth-order valence-electron chi connectivity index (χ4n) is 2.53. The lowest BCUT2D eigenvalue weighted by molar-refractivity contribution is -0.146. The summed E-state index contributed by atoms with van der Waals surface area (Å²) in [5.41, 5.74) is 1.48. The van der Waals surface area contributed by atoms with Crippen LogP contribution < -0.4 is 10.1 Å². The van der Waals surface area contributed by atoms with Gasteiger partial charge in [0.15, 0.2) is 0 Å². The first-order valence-corrected chi connectivity index (χ1v) is 6.53. The average Bonchev–Trinajstić information content (AvgIpc) is 2.87. The molecule has 21 heavy (non-hydrogen) atoms. The van der Waals surface area contributed by atoms with E-state index >= 15 is 0 Å². The van der Waals surface area contributed by atoms with Crippen LogP contribution in [0.5, 0.6) is 5.75 Å². The number of nitrogens with zero attached hydrogens (tertiary/aromatic N) is 2. The molecule has 1 aliphatic heterocycles. The van der Waals surface area contributed by atoms with Crippen molar-refractivity contribution in [2.75, 3.05) is 13.7 Å². The lowest BCUT2D eigenvalue weighted by Crippen LogP contribution is -2.25. The molecule has 0 atom stereocenters. The van der Waals surface area contributed by atoms with Crippen molar-refractivity contribution < 1.29 is 17.9 Å². The van der Waals surface area contributed by atoms with Crippen molar-refractivity contribution in [1.29, 1.82) is 0 Å². The summed E-state index contributed by atoms with van der Waals surface area (Å²) in [4.78, 5) is 3.79. The van der Waals surface area contributed by atoms with Crippen molar-refractivity contribution in [2.24, 2.45) is 0 Å². The van der Waals surface area contributed by atoms with Crippen LogP contribution in [-0.4, -0.2) is 23.2 Å². The zero-order valence-electron chi connectivity index (χ0n) is 11.4. The third-order valence-electron chi connectivity index (χ3n) is 3.45. The van der Waals surface area contributed by atoms with Gasteiger partial charge >= 0.3 is 6.18 Å². The molecule has 112 valence electrons. The predicted octanol–water partition coefficient (Wildman–Crippen LogP) is 2.55. The fraction of sp³-hybridized carbons (Fsp3) is 0.357. The molecular weight excluding hydrogens is 283 g/mol. The summed E-state index contributed by atoms with van der Waals surface area (Å²) in [6.45, 7) is 0.995. The van der Waals surface area contributed by atoms with Gasteiger partial charge in [-0.2, -0.15) is 13.2 Å². The van der Waals surface area contributed by atoms with Gasteiger partial charge in [0.05, 0.1) is 18.5 Å². The van der Waals surface area contributed by atoms with Crippen molar-refractivity contribution in [3.05, 3.63) is 41.5 Å². The van der Waals surface area contributed by atoms with E-state index in [4.69, 9.17) is 4.74 Å². The molecule has 7 heteroatoms. The molecule has 1 aliphatic rings. The molecule has 0 fully saturated rings. The summed E-state index contributed by atoms with van der Waals surface area (Å²) in [6.07, 6.45) is -3.99. The Kier molecular flexibility index (Phi) is 3.36. The Hall–Kier alpha value is -2.02. The Morgan fingerprint density at radius 3 is 2.86 bits per heavy atom. The number of alkyl halides is 3. The van der Waals surface area contributed by atoms with E-state index in [2.05, 4.69) is 10.3 Å². The van der Waals surface area contributed by atoms with E-state index in [0.29, 0.717) is 42.3 Å². The number of nitrogens with one attached hydrogen (secondary N) is 1. The topological polar surface area (TPSA) is 39.1 Å². The molecule has 0 bridgehead atoms. The highest BCUT2D eigenvalue weighted by atomic mass is 19.4. The second-order valence-corrected chi connectivity index (χ2v) is 4.79. The number of benzene rings is 1. The molecule has 1 aromatic carbocycles. The molecule has 0 saturated carbocycles. The number of rotatable bonds is 2. The minimum absolute atomic E-state index is 0.357. The highest BCUT2D eigenvalue weighted by molar-refractivity contribution is 5.43. The van der Waals surface area contributed by atoms with Gasteiger partial charge in [0.25, 0.3) is 0 Å². The monoisotopic (exact) mass is 297 g/mol. The van der Waals surface area contributed by atoms with E-state index in [0.717, 1.165) is 0 Å². The largest absolute Gasteiger partial charge is 0.497 e. The minimum atomic E-state index is -4.50. The van der Waals surface area contributed by atoms with E-state index < -0.39 is 12.0 Å². The van der Waals surface area contributed by atoms with Crippen molar-refractivity contribution in [3.63, 3.8) is 0 Å². The van der Waals surface area contributed by atoms with Gasteiger partial charge in [0.1, 0.15) is 5.75 Å². The highest BCUT2D eigenvalue weighted by Crippen LogP contribution is 2.34. The lowest BCUT2D eigenvalue weighted by atomic mass is 10.1. The standard InChI is InChI=1S/C14H14F3N3O/c1-21-10-4-2-3-9(7-10)20-12-5-6-18-8-11(12)19-13(20)14(15,16)17/h2-4,7,18H,5-6,8H2,1H3.